The first-order valence-corrected chi connectivity index (χ1v) is 13.7. The van der Waals surface area contributed by atoms with Crippen LogP contribution in [0, 0.1) is 11.3 Å². The molecule has 0 aromatic carbocycles. The van der Waals surface area contributed by atoms with E-state index in [4.69, 9.17) is 32.8 Å². The third-order valence-corrected chi connectivity index (χ3v) is 4.86. The molecule has 0 aliphatic heterocycles. The van der Waals surface area contributed by atoms with Gasteiger partial charge in [-0.1, -0.05) is 114 Å². The van der Waals surface area contributed by atoms with Gasteiger partial charge in [0, 0.05) is 20.2 Å². The van der Waals surface area contributed by atoms with E-state index in [9.17, 15) is 9.59 Å². The Hall–Kier alpha value is -3.66. The van der Waals surface area contributed by atoms with Crippen LogP contribution < -0.4 is 17.2 Å². The predicted octanol–water partition coefficient (Wildman–Crippen LogP) is 5.19. The number of hydrogen-bond acceptors (Lipinski definition) is 4. The fourth-order valence-corrected chi connectivity index (χ4v) is 2.75. The standard InChI is InChI=1S/C20H30O2.C6H13NO2.C4H11N5/c1-2-3-4-5-6-7-8-9-10-11-12-13-14-15-16-17-18-19-20(21)22;1-4(2)3-5(7)6(8)9;1-9(2)4(7)8-3(5)6/h10-19H,2-9H2,1H3,(H,21,22);4-5H,3,7H2,1-2H3,(H,8,9);1-2H3,(H5,5,6,7,8)/t;5-;/m.0./s1. The molecule has 10 heteroatoms. The number of nitrogens with two attached hydrogens (primary N) is 3. The highest BCUT2D eigenvalue weighted by Gasteiger charge is 2.11. The van der Waals surface area contributed by atoms with E-state index in [-0.39, 0.29) is 11.9 Å². The van der Waals surface area contributed by atoms with Gasteiger partial charge in [-0.25, -0.2) is 4.79 Å². The second-order valence-corrected chi connectivity index (χ2v) is 9.51. The molecule has 0 unspecified atom stereocenters. The summed E-state index contributed by atoms with van der Waals surface area (Å²) in [5, 5.41) is 23.4. The van der Waals surface area contributed by atoms with Crippen LogP contribution in [0.5, 0.6) is 0 Å². The van der Waals surface area contributed by atoms with Gasteiger partial charge in [0.15, 0.2) is 5.96 Å². The van der Waals surface area contributed by atoms with Gasteiger partial charge in [0.2, 0.25) is 5.96 Å². The molecule has 9 N–H and O–H groups in total. The minimum absolute atomic E-state index is 0.238. The number of unbranched alkanes of at least 4 members (excludes halogenated alkanes) is 7. The summed E-state index contributed by atoms with van der Waals surface area (Å²) in [4.78, 5) is 25.3. The summed E-state index contributed by atoms with van der Waals surface area (Å²) in [6.07, 6.45) is 29.3. The zero-order valence-corrected chi connectivity index (χ0v) is 25.1. The molecule has 0 aliphatic rings. The van der Waals surface area contributed by atoms with Crippen LogP contribution in [0.1, 0.15) is 78.6 Å². The Balaban J connectivity index is -0.000000623. The number of rotatable bonds is 16. The summed E-state index contributed by atoms with van der Waals surface area (Å²) < 4.78 is 0. The molecule has 228 valence electrons. The van der Waals surface area contributed by atoms with Crippen molar-refractivity contribution in [1.82, 2.24) is 4.90 Å². The van der Waals surface area contributed by atoms with E-state index in [0.717, 1.165) is 12.5 Å². The third kappa shape index (κ3) is 38.9. The molecule has 0 spiro atoms. The summed E-state index contributed by atoms with van der Waals surface area (Å²) in [7, 11) is 3.45. The number of carboxylic acids is 2. The third-order valence-electron chi connectivity index (χ3n) is 4.86. The largest absolute Gasteiger partial charge is 0.480 e. The van der Waals surface area contributed by atoms with E-state index in [1.165, 1.54) is 51.0 Å². The van der Waals surface area contributed by atoms with Crippen LogP contribution in [0.25, 0.3) is 0 Å². The Morgan fingerprint density at radius 1 is 0.850 bits per heavy atom. The van der Waals surface area contributed by atoms with Gasteiger partial charge in [-0.05, 0) is 25.2 Å². The molecule has 40 heavy (non-hydrogen) atoms. The first-order chi connectivity index (χ1) is 18.8. The number of carboxylic acid groups (broad SMARTS) is 2. The van der Waals surface area contributed by atoms with Gasteiger partial charge in [-0.15, -0.1) is 0 Å². The maximum atomic E-state index is 10.2. The van der Waals surface area contributed by atoms with E-state index in [2.05, 4.69) is 24.1 Å². The van der Waals surface area contributed by atoms with E-state index < -0.39 is 18.0 Å². The van der Waals surface area contributed by atoms with Gasteiger partial charge >= 0.3 is 11.9 Å². The molecule has 0 rings (SSSR count). The van der Waals surface area contributed by atoms with Crippen molar-refractivity contribution in [3.05, 3.63) is 60.8 Å². The van der Waals surface area contributed by atoms with Crippen LogP contribution in [-0.2, 0) is 9.59 Å². The SMILES string of the molecule is CC(C)C[C@H](N)C(=O)O.CCCCCCCCCC=CC=CC=CC=CC=CC(=O)O.CN(C)C(N)=NC(=N)N. The van der Waals surface area contributed by atoms with Gasteiger partial charge in [0.05, 0.1) is 0 Å². The molecule has 0 fully saturated rings. The minimum Gasteiger partial charge on any atom is -0.480 e. The molecule has 0 aromatic heterocycles. The summed E-state index contributed by atoms with van der Waals surface area (Å²) in [6.45, 7) is 6.14. The van der Waals surface area contributed by atoms with Crippen molar-refractivity contribution in [2.24, 2.45) is 28.1 Å². The molecule has 1 atom stereocenters. The normalized spacial score (nSPS) is 12.6. The highest BCUT2D eigenvalue weighted by molar-refractivity contribution is 5.91. The lowest BCUT2D eigenvalue weighted by Crippen LogP contribution is -2.32. The van der Waals surface area contributed by atoms with Crippen molar-refractivity contribution >= 4 is 23.9 Å². The van der Waals surface area contributed by atoms with Crippen LogP contribution in [0.4, 0.5) is 0 Å². The fourth-order valence-electron chi connectivity index (χ4n) is 2.75. The quantitative estimate of drug-likeness (QED) is 0.0486. The number of aliphatic imine (C=N–C) groups is 1. The van der Waals surface area contributed by atoms with E-state index in [0.29, 0.717) is 12.3 Å². The molecule has 0 bridgehead atoms. The Labute approximate surface area is 241 Å². The lowest BCUT2D eigenvalue weighted by atomic mass is 10.1. The zero-order valence-electron chi connectivity index (χ0n) is 25.1. The average molecular weight is 563 g/mol. The topological polar surface area (TPSA) is 192 Å². The summed E-state index contributed by atoms with van der Waals surface area (Å²) in [5.74, 6) is -1.52. The Kier molecular flexibility index (Phi) is 30.5. The van der Waals surface area contributed by atoms with Crippen LogP contribution in [0.2, 0.25) is 0 Å². The van der Waals surface area contributed by atoms with Gasteiger partial charge in [-0.2, -0.15) is 4.99 Å². The highest BCUT2D eigenvalue weighted by Crippen LogP contribution is 2.08. The molecular weight excluding hydrogens is 508 g/mol. The van der Waals surface area contributed by atoms with Crippen LogP contribution in [-0.4, -0.2) is 59.1 Å². The summed E-state index contributed by atoms with van der Waals surface area (Å²) in [5.41, 5.74) is 15.4. The zero-order chi connectivity index (χ0) is 31.2. The maximum absolute atomic E-state index is 10.2. The Morgan fingerprint density at radius 2 is 1.32 bits per heavy atom. The van der Waals surface area contributed by atoms with Crippen LogP contribution >= 0.6 is 0 Å². The van der Waals surface area contributed by atoms with E-state index in [1.54, 1.807) is 31.1 Å². The van der Waals surface area contributed by atoms with Crippen molar-refractivity contribution in [1.29, 1.82) is 5.41 Å². The first kappa shape index (κ1) is 40.8. The summed E-state index contributed by atoms with van der Waals surface area (Å²) in [6, 6.07) is -0.690. The number of aliphatic carboxylic acids is 2. The van der Waals surface area contributed by atoms with E-state index in [1.807, 2.05) is 38.2 Å². The monoisotopic (exact) mass is 562 g/mol. The molecule has 0 aromatic rings. The van der Waals surface area contributed by atoms with Crippen LogP contribution in [0.3, 0.4) is 0 Å². The van der Waals surface area contributed by atoms with Gasteiger partial charge < -0.3 is 32.3 Å². The molecule has 0 heterocycles. The Morgan fingerprint density at radius 3 is 1.70 bits per heavy atom. The second-order valence-electron chi connectivity index (χ2n) is 9.51. The van der Waals surface area contributed by atoms with Crippen molar-refractivity contribution in [2.45, 2.75) is 84.6 Å². The number of hydrogen-bond donors (Lipinski definition) is 6. The minimum atomic E-state index is -0.931. The molecule has 10 nitrogen and oxygen atoms in total. The van der Waals surface area contributed by atoms with Gasteiger partial charge in [0.25, 0.3) is 0 Å². The van der Waals surface area contributed by atoms with Crippen LogP contribution in [0.15, 0.2) is 65.8 Å². The number of nitrogens with zero attached hydrogens (tertiary/aromatic N) is 2. The first-order valence-electron chi connectivity index (χ1n) is 13.7. The fraction of sp³-hybridized carbons (Fsp3) is 0.533. The smallest absolute Gasteiger partial charge is 0.328 e. The van der Waals surface area contributed by atoms with Crippen molar-refractivity contribution in [3.63, 3.8) is 0 Å². The lowest BCUT2D eigenvalue weighted by molar-refractivity contribution is -0.139. The predicted molar refractivity (Wildman–Crippen MR) is 168 cm³/mol. The molecule has 0 saturated heterocycles. The number of allylic oxidation sites excluding steroid dienone is 9. The van der Waals surface area contributed by atoms with Crippen molar-refractivity contribution < 1.29 is 19.8 Å². The molecule has 0 radical (unpaired) electrons. The maximum Gasteiger partial charge on any atom is 0.328 e. The van der Waals surface area contributed by atoms with E-state index >= 15 is 0 Å². The van der Waals surface area contributed by atoms with Gasteiger partial charge in [-0.3, -0.25) is 10.2 Å². The lowest BCUT2D eigenvalue weighted by Gasteiger charge is -2.08. The molecular formula is C30H54N6O4. The number of carbonyl (C=O) groups is 2. The molecule has 0 saturated carbocycles. The molecule has 0 amide bonds. The van der Waals surface area contributed by atoms with Crippen molar-refractivity contribution in [3.8, 4) is 0 Å². The number of nitrogens with one attached hydrogen (secondary N) is 1. The number of guanidine groups is 2. The molecule has 0 aliphatic carbocycles. The Bertz CT molecular complexity index is 843. The summed E-state index contributed by atoms with van der Waals surface area (Å²) >= 11 is 0. The highest BCUT2D eigenvalue weighted by atomic mass is 16.4. The van der Waals surface area contributed by atoms with Gasteiger partial charge in [0.1, 0.15) is 6.04 Å². The second kappa shape index (κ2) is 29.9. The van der Waals surface area contributed by atoms with Crippen molar-refractivity contribution in [2.75, 3.05) is 14.1 Å². The average Bonchev–Trinajstić information content (AvgIpc) is 2.85.